The van der Waals surface area contributed by atoms with Crippen LogP contribution in [0.4, 0.5) is 20.4 Å². The van der Waals surface area contributed by atoms with E-state index in [-0.39, 0.29) is 24.6 Å². The molecule has 2 aromatic carbocycles. The first kappa shape index (κ1) is 24.2. The number of halogens is 2. The van der Waals surface area contributed by atoms with Crippen molar-refractivity contribution in [1.29, 1.82) is 0 Å². The summed E-state index contributed by atoms with van der Waals surface area (Å²) in [6, 6.07) is 13.2. The number of carbonyl (C=O) groups is 1. The maximum atomic E-state index is 12.3. The van der Waals surface area contributed by atoms with Crippen molar-refractivity contribution >= 4 is 17.4 Å². The first-order valence-electron chi connectivity index (χ1n) is 10.4. The number of alkyl halides is 2. The molecule has 0 aliphatic carbocycles. The minimum Gasteiger partial charge on any atom is -0.435 e. The Kier molecular flexibility index (Phi) is 8.39. The number of aliphatic hydroxyl groups is 2. The summed E-state index contributed by atoms with van der Waals surface area (Å²) in [6.07, 6.45) is 3.20. The van der Waals surface area contributed by atoms with Crippen molar-refractivity contribution in [2.75, 3.05) is 11.9 Å². The van der Waals surface area contributed by atoms with Crippen molar-refractivity contribution < 1.29 is 28.5 Å². The van der Waals surface area contributed by atoms with E-state index in [1.807, 2.05) is 0 Å². The highest BCUT2D eigenvalue weighted by Gasteiger charge is 2.20. The number of aromatic nitrogens is 2. The number of aliphatic hydroxyl groups excluding tert-OH is 2. The van der Waals surface area contributed by atoms with Gasteiger partial charge in [0.2, 0.25) is 5.95 Å². The standard InChI is InChI=1S/C24H25F2N3O4/c1-15(31)2-11-22(32)21(14-30)17-3-7-19(8-4-17)29-24-27-12-18(13-28-24)16-5-9-20(10-6-16)33-23(25)26/h3-10,12-13,15,21,23,30-31H,2,11,14H2,1H3,(H,27,28,29)/t15-,21-/m1/s1. The van der Waals surface area contributed by atoms with Gasteiger partial charge in [0, 0.05) is 30.1 Å². The molecule has 3 aromatic rings. The fourth-order valence-electron chi connectivity index (χ4n) is 3.22. The van der Waals surface area contributed by atoms with E-state index in [9.17, 15) is 23.8 Å². The fourth-order valence-corrected chi connectivity index (χ4v) is 3.22. The predicted octanol–water partition coefficient (Wildman–Crippen LogP) is 4.29. The molecule has 0 amide bonds. The molecule has 0 aliphatic rings. The summed E-state index contributed by atoms with van der Waals surface area (Å²) in [7, 11) is 0. The highest BCUT2D eigenvalue weighted by molar-refractivity contribution is 5.86. The van der Waals surface area contributed by atoms with Crippen LogP contribution in [-0.4, -0.2) is 45.3 Å². The van der Waals surface area contributed by atoms with Crippen LogP contribution < -0.4 is 10.1 Å². The molecule has 3 N–H and O–H groups in total. The molecule has 0 aliphatic heterocycles. The lowest BCUT2D eigenvalue weighted by atomic mass is 9.92. The van der Waals surface area contributed by atoms with Gasteiger partial charge in [-0.1, -0.05) is 24.3 Å². The minimum absolute atomic E-state index is 0.0736. The molecular weight excluding hydrogens is 432 g/mol. The Bertz CT molecular complexity index is 1030. The van der Waals surface area contributed by atoms with Crippen LogP contribution in [0.15, 0.2) is 60.9 Å². The SMILES string of the molecule is C[C@@H](O)CCC(=O)[C@H](CO)c1ccc(Nc2ncc(-c3ccc(OC(F)F)cc3)cn2)cc1. The first-order chi connectivity index (χ1) is 15.9. The molecule has 174 valence electrons. The molecule has 0 spiro atoms. The third-order valence-corrected chi connectivity index (χ3v) is 5.01. The Labute approximate surface area is 190 Å². The topological polar surface area (TPSA) is 105 Å². The van der Waals surface area contributed by atoms with Gasteiger partial charge in [0.05, 0.1) is 18.6 Å². The van der Waals surface area contributed by atoms with Gasteiger partial charge in [0.1, 0.15) is 11.5 Å². The van der Waals surface area contributed by atoms with Crippen molar-refractivity contribution in [2.45, 2.75) is 38.4 Å². The predicted molar refractivity (Wildman–Crippen MR) is 120 cm³/mol. The molecule has 2 atom stereocenters. The van der Waals surface area contributed by atoms with Crippen molar-refractivity contribution in [2.24, 2.45) is 0 Å². The van der Waals surface area contributed by atoms with Gasteiger partial charge >= 0.3 is 6.61 Å². The molecule has 9 heteroatoms. The van der Waals surface area contributed by atoms with E-state index < -0.39 is 18.6 Å². The van der Waals surface area contributed by atoms with Gasteiger partial charge in [-0.15, -0.1) is 0 Å². The van der Waals surface area contributed by atoms with Gasteiger partial charge < -0.3 is 20.3 Å². The normalized spacial score (nSPS) is 12.9. The van der Waals surface area contributed by atoms with E-state index in [0.29, 0.717) is 29.2 Å². The molecular formula is C24H25F2N3O4. The molecule has 0 fully saturated rings. The Hall–Kier alpha value is -3.43. The highest BCUT2D eigenvalue weighted by atomic mass is 19.3. The van der Waals surface area contributed by atoms with Crippen molar-refractivity contribution in [3.05, 3.63) is 66.5 Å². The van der Waals surface area contributed by atoms with E-state index in [2.05, 4.69) is 20.0 Å². The number of ketones is 1. The average Bonchev–Trinajstić information content (AvgIpc) is 2.80. The van der Waals surface area contributed by atoms with Crippen molar-refractivity contribution in [1.82, 2.24) is 9.97 Å². The summed E-state index contributed by atoms with van der Waals surface area (Å²) in [5.74, 6) is -0.321. The minimum atomic E-state index is -2.87. The maximum absolute atomic E-state index is 12.3. The van der Waals surface area contributed by atoms with Crippen molar-refractivity contribution in [3.8, 4) is 16.9 Å². The number of hydrogen-bond acceptors (Lipinski definition) is 7. The number of anilines is 2. The smallest absolute Gasteiger partial charge is 0.387 e. The largest absolute Gasteiger partial charge is 0.435 e. The van der Waals surface area contributed by atoms with Crippen LogP contribution >= 0.6 is 0 Å². The van der Waals surface area contributed by atoms with E-state index in [1.54, 1.807) is 55.7 Å². The lowest BCUT2D eigenvalue weighted by Crippen LogP contribution is -2.18. The van der Waals surface area contributed by atoms with Crippen LogP contribution in [-0.2, 0) is 4.79 Å². The number of rotatable bonds is 11. The molecule has 3 rings (SSSR count). The fraction of sp³-hybridized carbons (Fsp3) is 0.292. The first-order valence-corrected chi connectivity index (χ1v) is 10.4. The summed E-state index contributed by atoms with van der Waals surface area (Å²) >= 11 is 0. The monoisotopic (exact) mass is 457 g/mol. The third-order valence-electron chi connectivity index (χ3n) is 5.01. The molecule has 33 heavy (non-hydrogen) atoms. The lowest BCUT2D eigenvalue weighted by Gasteiger charge is -2.15. The van der Waals surface area contributed by atoms with Crippen LogP contribution in [0, 0.1) is 0 Å². The highest BCUT2D eigenvalue weighted by Crippen LogP contribution is 2.25. The van der Waals surface area contributed by atoms with E-state index in [1.165, 1.54) is 12.1 Å². The van der Waals surface area contributed by atoms with Crippen LogP contribution in [0.5, 0.6) is 5.75 Å². The number of Topliss-reactive ketones (excluding diaryl/α,β-unsaturated/α-hetero) is 1. The van der Waals surface area contributed by atoms with Gasteiger partial charge in [-0.05, 0) is 48.7 Å². The number of hydrogen-bond donors (Lipinski definition) is 3. The zero-order chi connectivity index (χ0) is 23.8. The number of ether oxygens (including phenoxy) is 1. The molecule has 0 saturated heterocycles. The summed E-state index contributed by atoms with van der Waals surface area (Å²) < 4.78 is 28.9. The number of nitrogens with zero attached hydrogens (tertiary/aromatic N) is 2. The van der Waals surface area contributed by atoms with Crippen LogP contribution in [0.25, 0.3) is 11.1 Å². The second kappa shape index (κ2) is 11.4. The van der Waals surface area contributed by atoms with E-state index in [4.69, 9.17) is 0 Å². The molecule has 0 radical (unpaired) electrons. The molecule has 0 saturated carbocycles. The van der Waals surface area contributed by atoms with E-state index >= 15 is 0 Å². The maximum Gasteiger partial charge on any atom is 0.387 e. The van der Waals surface area contributed by atoms with Gasteiger partial charge in [0.25, 0.3) is 0 Å². The summed E-state index contributed by atoms with van der Waals surface area (Å²) in [5, 5.41) is 22.1. The zero-order valence-electron chi connectivity index (χ0n) is 18.0. The molecule has 0 bridgehead atoms. The molecule has 7 nitrogen and oxygen atoms in total. The summed E-state index contributed by atoms with van der Waals surface area (Å²) in [4.78, 5) is 20.9. The zero-order valence-corrected chi connectivity index (χ0v) is 18.0. The quantitative estimate of drug-likeness (QED) is 0.394. The lowest BCUT2D eigenvalue weighted by molar-refractivity contribution is -0.121. The Morgan fingerprint density at radius 3 is 2.21 bits per heavy atom. The van der Waals surface area contributed by atoms with Gasteiger partial charge in [0.15, 0.2) is 0 Å². The average molecular weight is 457 g/mol. The van der Waals surface area contributed by atoms with Crippen LogP contribution in [0.1, 0.15) is 31.2 Å². The Morgan fingerprint density at radius 2 is 1.67 bits per heavy atom. The van der Waals surface area contributed by atoms with Gasteiger partial charge in [-0.3, -0.25) is 4.79 Å². The van der Waals surface area contributed by atoms with Crippen LogP contribution in [0.2, 0.25) is 0 Å². The van der Waals surface area contributed by atoms with Crippen molar-refractivity contribution in [3.63, 3.8) is 0 Å². The molecule has 1 heterocycles. The van der Waals surface area contributed by atoms with Gasteiger partial charge in [-0.2, -0.15) is 8.78 Å². The third kappa shape index (κ3) is 7.03. The Morgan fingerprint density at radius 1 is 1.03 bits per heavy atom. The summed E-state index contributed by atoms with van der Waals surface area (Å²) in [6.45, 7) is -1.55. The summed E-state index contributed by atoms with van der Waals surface area (Å²) in [5.41, 5.74) is 2.85. The molecule has 0 unspecified atom stereocenters. The van der Waals surface area contributed by atoms with Crippen LogP contribution in [0.3, 0.4) is 0 Å². The number of carbonyl (C=O) groups excluding carboxylic acids is 1. The number of nitrogens with one attached hydrogen (secondary N) is 1. The molecule has 1 aromatic heterocycles. The van der Waals surface area contributed by atoms with Gasteiger partial charge in [-0.25, -0.2) is 9.97 Å². The second-order valence-corrected chi connectivity index (χ2v) is 7.53. The Balaban J connectivity index is 1.62. The number of benzene rings is 2. The van der Waals surface area contributed by atoms with E-state index in [0.717, 1.165) is 5.56 Å². The second-order valence-electron chi connectivity index (χ2n) is 7.53.